The summed E-state index contributed by atoms with van der Waals surface area (Å²) >= 11 is 0. The van der Waals surface area contributed by atoms with Gasteiger partial charge in [0.25, 0.3) is 10.0 Å². The van der Waals surface area contributed by atoms with Crippen molar-refractivity contribution in [3.05, 3.63) is 18.5 Å². The molecule has 2 aliphatic rings. The SMILES string of the molecule is O=C(NC1CCCCCCC1)NS(=O)(=O)c1cnccc1NC1CCCCC1. The van der Waals surface area contributed by atoms with E-state index in [1.807, 2.05) is 0 Å². The van der Waals surface area contributed by atoms with Crippen LogP contribution in [-0.4, -0.2) is 31.5 Å². The fraction of sp³-hybridized carbons (Fsp3) is 0.700. The van der Waals surface area contributed by atoms with Crippen molar-refractivity contribution in [2.24, 2.45) is 0 Å². The van der Waals surface area contributed by atoms with Crippen molar-refractivity contribution in [1.82, 2.24) is 15.0 Å². The number of hydrogen-bond acceptors (Lipinski definition) is 5. The zero-order valence-electron chi connectivity index (χ0n) is 16.5. The van der Waals surface area contributed by atoms with Gasteiger partial charge in [-0.2, -0.15) is 0 Å². The third-order valence-corrected chi connectivity index (χ3v) is 7.06. The molecule has 0 aromatic carbocycles. The number of amides is 2. The molecular weight excluding hydrogens is 376 g/mol. The summed E-state index contributed by atoms with van der Waals surface area (Å²) in [6.07, 6.45) is 15.9. The minimum absolute atomic E-state index is 0.0217. The lowest BCUT2D eigenvalue weighted by Crippen LogP contribution is -2.44. The molecule has 0 unspecified atom stereocenters. The summed E-state index contributed by atoms with van der Waals surface area (Å²) < 4.78 is 27.8. The van der Waals surface area contributed by atoms with E-state index in [9.17, 15) is 13.2 Å². The zero-order valence-corrected chi connectivity index (χ0v) is 17.3. The molecule has 1 aromatic heterocycles. The molecule has 0 saturated heterocycles. The van der Waals surface area contributed by atoms with Crippen LogP contribution in [0.1, 0.15) is 77.0 Å². The molecule has 0 bridgehead atoms. The van der Waals surface area contributed by atoms with Gasteiger partial charge in [-0.05, 0) is 31.7 Å². The van der Waals surface area contributed by atoms with Crippen molar-refractivity contribution in [1.29, 1.82) is 0 Å². The van der Waals surface area contributed by atoms with E-state index in [1.165, 1.54) is 31.9 Å². The van der Waals surface area contributed by atoms with E-state index in [4.69, 9.17) is 0 Å². The number of carbonyl (C=O) groups excluding carboxylic acids is 1. The van der Waals surface area contributed by atoms with Crippen LogP contribution in [-0.2, 0) is 10.0 Å². The molecule has 7 nitrogen and oxygen atoms in total. The molecule has 1 aromatic rings. The average Bonchev–Trinajstić information content (AvgIpc) is 2.64. The lowest BCUT2D eigenvalue weighted by atomic mass is 9.95. The number of nitrogens with one attached hydrogen (secondary N) is 3. The van der Waals surface area contributed by atoms with E-state index in [0.717, 1.165) is 51.4 Å². The molecule has 0 aliphatic heterocycles. The van der Waals surface area contributed by atoms with E-state index in [1.54, 1.807) is 12.3 Å². The molecule has 3 N–H and O–H groups in total. The molecule has 0 radical (unpaired) electrons. The van der Waals surface area contributed by atoms with Crippen LogP contribution < -0.4 is 15.4 Å². The maximum absolute atomic E-state index is 12.8. The summed E-state index contributed by atoms with van der Waals surface area (Å²) in [5.74, 6) is 0. The van der Waals surface area contributed by atoms with Crippen molar-refractivity contribution in [2.75, 3.05) is 5.32 Å². The Hall–Kier alpha value is -1.83. The third kappa shape index (κ3) is 6.09. The molecule has 2 fully saturated rings. The van der Waals surface area contributed by atoms with Gasteiger partial charge in [-0.3, -0.25) is 4.98 Å². The van der Waals surface area contributed by atoms with Crippen LogP contribution in [0.2, 0.25) is 0 Å². The number of anilines is 1. The number of pyridine rings is 1. The number of nitrogens with zero attached hydrogens (tertiary/aromatic N) is 1. The topological polar surface area (TPSA) is 100 Å². The van der Waals surface area contributed by atoms with Crippen LogP contribution in [0.3, 0.4) is 0 Å². The molecule has 2 amide bonds. The Morgan fingerprint density at radius 2 is 1.46 bits per heavy atom. The maximum Gasteiger partial charge on any atom is 0.328 e. The fourth-order valence-electron chi connectivity index (χ4n) is 4.17. The van der Waals surface area contributed by atoms with Crippen molar-refractivity contribution in [2.45, 2.75) is 94.0 Å². The lowest BCUT2D eigenvalue weighted by Gasteiger charge is -2.25. The van der Waals surface area contributed by atoms with Gasteiger partial charge in [-0.1, -0.05) is 51.4 Å². The van der Waals surface area contributed by atoms with Gasteiger partial charge < -0.3 is 10.6 Å². The van der Waals surface area contributed by atoms with Gasteiger partial charge in [-0.15, -0.1) is 0 Å². The molecular formula is C20H32N4O3S. The highest BCUT2D eigenvalue weighted by Crippen LogP contribution is 2.25. The smallest absolute Gasteiger partial charge is 0.328 e. The number of rotatable bonds is 5. The molecule has 2 aliphatic carbocycles. The quantitative estimate of drug-likeness (QED) is 0.685. The Kier molecular flexibility index (Phi) is 7.53. The molecule has 0 spiro atoms. The van der Waals surface area contributed by atoms with E-state index in [2.05, 4.69) is 20.3 Å². The van der Waals surface area contributed by atoms with Gasteiger partial charge in [0.05, 0.1) is 5.69 Å². The Labute approximate surface area is 168 Å². The molecule has 8 heteroatoms. The monoisotopic (exact) mass is 408 g/mol. The van der Waals surface area contributed by atoms with E-state index in [0.29, 0.717) is 5.69 Å². The van der Waals surface area contributed by atoms with E-state index in [-0.39, 0.29) is 17.0 Å². The van der Waals surface area contributed by atoms with Gasteiger partial charge in [0.15, 0.2) is 0 Å². The standard InChI is InChI=1S/C20H32N4O3S/c25-20(23-17-11-5-2-1-3-6-12-17)24-28(26,27)19-15-21-14-13-18(19)22-16-9-7-4-8-10-16/h13-17H,1-12H2,(H,21,22)(H2,23,24,25). The minimum Gasteiger partial charge on any atom is -0.381 e. The van der Waals surface area contributed by atoms with Gasteiger partial charge in [0.1, 0.15) is 4.90 Å². The van der Waals surface area contributed by atoms with Crippen LogP contribution >= 0.6 is 0 Å². The Bertz CT molecular complexity index is 740. The fourth-order valence-corrected chi connectivity index (χ4v) is 5.20. The summed E-state index contributed by atoms with van der Waals surface area (Å²) in [5.41, 5.74) is 0.508. The highest BCUT2D eigenvalue weighted by molar-refractivity contribution is 7.90. The molecule has 1 heterocycles. The largest absolute Gasteiger partial charge is 0.381 e. The Morgan fingerprint density at radius 3 is 2.14 bits per heavy atom. The van der Waals surface area contributed by atoms with Gasteiger partial charge >= 0.3 is 6.03 Å². The van der Waals surface area contributed by atoms with Gasteiger partial charge in [0.2, 0.25) is 0 Å². The Balaban J connectivity index is 1.64. The van der Waals surface area contributed by atoms with Crippen LogP contribution in [0.5, 0.6) is 0 Å². The van der Waals surface area contributed by atoms with Crippen LogP contribution in [0.15, 0.2) is 23.4 Å². The van der Waals surface area contributed by atoms with Crippen molar-refractivity contribution in [3.63, 3.8) is 0 Å². The molecule has 0 atom stereocenters. The summed E-state index contributed by atoms with van der Waals surface area (Å²) in [7, 11) is -4.00. The average molecular weight is 409 g/mol. The van der Waals surface area contributed by atoms with E-state index < -0.39 is 16.1 Å². The van der Waals surface area contributed by atoms with Crippen LogP contribution in [0.25, 0.3) is 0 Å². The van der Waals surface area contributed by atoms with Crippen molar-refractivity contribution < 1.29 is 13.2 Å². The van der Waals surface area contributed by atoms with Crippen LogP contribution in [0.4, 0.5) is 10.5 Å². The summed E-state index contributed by atoms with van der Waals surface area (Å²) in [6.45, 7) is 0. The van der Waals surface area contributed by atoms with Crippen LogP contribution in [0, 0.1) is 0 Å². The predicted octanol–water partition coefficient (Wildman–Crippen LogP) is 3.93. The third-order valence-electron chi connectivity index (χ3n) is 5.71. The Morgan fingerprint density at radius 1 is 0.893 bits per heavy atom. The first kappa shape index (κ1) is 20.9. The minimum atomic E-state index is -4.00. The van der Waals surface area contributed by atoms with Crippen molar-refractivity contribution >= 4 is 21.7 Å². The summed E-state index contributed by atoms with van der Waals surface area (Å²) in [4.78, 5) is 16.3. The molecule has 2 saturated carbocycles. The molecule has 3 rings (SSSR count). The second-order valence-electron chi connectivity index (χ2n) is 7.97. The molecule has 156 valence electrons. The molecule has 28 heavy (non-hydrogen) atoms. The van der Waals surface area contributed by atoms with E-state index >= 15 is 0 Å². The van der Waals surface area contributed by atoms with Gasteiger partial charge in [0, 0.05) is 24.5 Å². The number of hydrogen-bond donors (Lipinski definition) is 3. The summed E-state index contributed by atoms with van der Waals surface area (Å²) in [5, 5.41) is 6.18. The number of aromatic nitrogens is 1. The highest BCUT2D eigenvalue weighted by atomic mass is 32.2. The summed E-state index contributed by atoms with van der Waals surface area (Å²) in [6, 6.07) is 1.30. The lowest BCUT2D eigenvalue weighted by molar-refractivity contribution is 0.239. The van der Waals surface area contributed by atoms with Gasteiger partial charge in [-0.25, -0.2) is 17.9 Å². The second kappa shape index (κ2) is 10.1. The highest BCUT2D eigenvalue weighted by Gasteiger charge is 2.25. The first-order valence-corrected chi connectivity index (χ1v) is 12.1. The number of urea groups is 1. The van der Waals surface area contributed by atoms with Crippen molar-refractivity contribution in [3.8, 4) is 0 Å². The predicted molar refractivity (Wildman–Crippen MR) is 110 cm³/mol. The number of carbonyl (C=O) groups is 1. The maximum atomic E-state index is 12.8. The normalized spacial score (nSPS) is 20.0. The second-order valence-corrected chi connectivity index (χ2v) is 9.62. The first-order chi connectivity index (χ1) is 13.5. The zero-order chi connectivity index (χ0) is 19.8. The number of sulfonamides is 1. The first-order valence-electron chi connectivity index (χ1n) is 10.6.